The second kappa shape index (κ2) is 33.7. The van der Waals surface area contributed by atoms with Crippen molar-refractivity contribution in [2.45, 2.75) is 0 Å². The van der Waals surface area contributed by atoms with Crippen molar-refractivity contribution >= 4 is 0 Å². The Labute approximate surface area is 47.8 Å². The fourth-order valence-corrected chi connectivity index (χ4v) is 0. The van der Waals surface area contributed by atoms with E-state index in [-0.39, 0.29) is 47.5 Å². The van der Waals surface area contributed by atoms with Gasteiger partial charge in [0.15, 0.2) is 0 Å². The monoisotopic (exact) mass is 190 g/mol. The molecular formula is MnO2Rh+. The summed E-state index contributed by atoms with van der Waals surface area (Å²) in [6.07, 6.45) is 0. The summed E-state index contributed by atoms with van der Waals surface area (Å²) in [6.45, 7) is 0. The van der Waals surface area contributed by atoms with Gasteiger partial charge in [0.25, 0.3) is 0 Å². The standard InChI is InChI=1S/Mn.2O.Rh/q+2;2*-2;+3. The first kappa shape index (κ1) is 74.0. The minimum Gasteiger partial charge on any atom is -2.00 e. The molecule has 0 aromatic carbocycles. The molecule has 0 fully saturated rings. The summed E-state index contributed by atoms with van der Waals surface area (Å²) in [5, 5.41) is 0. The Balaban J connectivity index is 0. The third-order valence-corrected chi connectivity index (χ3v) is 0. The van der Waals surface area contributed by atoms with E-state index in [1.54, 1.807) is 0 Å². The Morgan fingerprint density at radius 1 is 0.750 bits per heavy atom. The summed E-state index contributed by atoms with van der Waals surface area (Å²) in [6, 6.07) is 0. The van der Waals surface area contributed by atoms with Crippen LogP contribution >= 0.6 is 0 Å². The molecule has 0 aromatic rings. The van der Waals surface area contributed by atoms with Crippen LogP contribution in [-0.2, 0) is 47.5 Å². The molecule has 0 aromatic heterocycles. The van der Waals surface area contributed by atoms with Crippen LogP contribution in [0.15, 0.2) is 0 Å². The summed E-state index contributed by atoms with van der Waals surface area (Å²) >= 11 is 0. The molecule has 2 nitrogen and oxygen atoms in total. The van der Waals surface area contributed by atoms with Crippen molar-refractivity contribution in [2.24, 2.45) is 0 Å². The van der Waals surface area contributed by atoms with Crippen LogP contribution in [0.2, 0.25) is 0 Å². The zero-order valence-corrected chi connectivity index (χ0v) is 4.35. The van der Waals surface area contributed by atoms with Crippen molar-refractivity contribution in [3.8, 4) is 0 Å². The maximum absolute atomic E-state index is 0. The maximum Gasteiger partial charge on any atom is 3.00 e. The van der Waals surface area contributed by atoms with Crippen molar-refractivity contribution in [1.29, 1.82) is 0 Å². The zero-order valence-electron chi connectivity index (χ0n) is 1.53. The van der Waals surface area contributed by atoms with Crippen molar-refractivity contribution in [2.75, 3.05) is 0 Å². The molecule has 1 radical (unpaired) electrons. The molecule has 27 valence electrons. The van der Waals surface area contributed by atoms with E-state index in [9.17, 15) is 0 Å². The Morgan fingerprint density at radius 3 is 0.750 bits per heavy atom. The third kappa shape index (κ3) is 11.5. The molecular weight excluding hydrogens is 190 g/mol. The quantitative estimate of drug-likeness (QED) is 0.473. The molecule has 4 heavy (non-hydrogen) atoms. The van der Waals surface area contributed by atoms with E-state index in [1.165, 1.54) is 0 Å². The van der Waals surface area contributed by atoms with Crippen molar-refractivity contribution in [3.63, 3.8) is 0 Å². The van der Waals surface area contributed by atoms with Crippen molar-refractivity contribution in [3.05, 3.63) is 0 Å². The SMILES string of the molecule is [Mn+2].[O-2].[O-2].[Rh+3]. The molecule has 0 spiro atoms. The number of hydrogen-bond donors (Lipinski definition) is 0. The molecule has 0 unspecified atom stereocenters. The van der Waals surface area contributed by atoms with Gasteiger partial charge in [-0.15, -0.1) is 0 Å². The van der Waals surface area contributed by atoms with Crippen LogP contribution in [0.5, 0.6) is 0 Å². The zero-order chi connectivity index (χ0) is 0. The van der Waals surface area contributed by atoms with E-state index in [0.717, 1.165) is 0 Å². The Hall–Kier alpha value is 1.06. The molecule has 0 aliphatic carbocycles. The van der Waals surface area contributed by atoms with Gasteiger partial charge >= 0.3 is 36.5 Å². The molecule has 0 saturated heterocycles. The van der Waals surface area contributed by atoms with Gasteiger partial charge in [0.2, 0.25) is 0 Å². The fourth-order valence-electron chi connectivity index (χ4n) is 0. The molecule has 0 saturated carbocycles. The van der Waals surface area contributed by atoms with E-state index in [1.807, 2.05) is 0 Å². The Morgan fingerprint density at radius 2 is 0.750 bits per heavy atom. The summed E-state index contributed by atoms with van der Waals surface area (Å²) < 4.78 is 0. The molecule has 0 amide bonds. The first-order chi connectivity index (χ1) is 0. The predicted octanol–water partition coefficient (Wildman–Crippen LogP) is -0.243. The van der Waals surface area contributed by atoms with E-state index < -0.39 is 0 Å². The molecule has 0 bridgehead atoms. The minimum absolute atomic E-state index is 0. The van der Waals surface area contributed by atoms with Crippen molar-refractivity contribution < 1.29 is 47.5 Å². The first-order valence-electron chi connectivity index (χ1n) is 0. The molecule has 0 atom stereocenters. The van der Waals surface area contributed by atoms with Gasteiger partial charge in [0.05, 0.1) is 0 Å². The summed E-state index contributed by atoms with van der Waals surface area (Å²) in [4.78, 5) is 0. The molecule has 4 heteroatoms. The fraction of sp³-hybridized carbons (Fsp3) is 0. The van der Waals surface area contributed by atoms with Crippen LogP contribution in [0.25, 0.3) is 0 Å². The van der Waals surface area contributed by atoms with E-state index in [0.29, 0.717) is 0 Å². The molecule has 0 aliphatic heterocycles. The van der Waals surface area contributed by atoms with Gasteiger partial charge in [0, 0.05) is 0 Å². The van der Waals surface area contributed by atoms with Gasteiger partial charge in [0.1, 0.15) is 0 Å². The van der Waals surface area contributed by atoms with Crippen LogP contribution in [0, 0.1) is 0 Å². The van der Waals surface area contributed by atoms with Crippen LogP contribution in [0.1, 0.15) is 0 Å². The molecule has 0 N–H and O–H groups in total. The molecule has 0 heterocycles. The smallest absolute Gasteiger partial charge is 2.00 e. The summed E-state index contributed by atoms with van der Waals surface area (Å²) in [7, 11) is 0. The van der Waals surface area contributed by atoms with Gasteiger partial charge in [-0.3, -0.25) is 0 Å². The number of rotatable bonds is 0. The van der Waals surface area contributed by atoms with Crippen molar-refractivity contribution in [1.82, 2.24) is 0 Å². The summed E-state index contributed by atoms with van der Waals surface area (Å²) in [5.74, 6) is 0. The van der Waals surface area contributed by atoms with E-state index >= 15 is 0 Å². The number of hydrogen-bond acceptors (Lipinski definition) is 0. The van der Waals surface area contributed by atoms with Gasteiger partial charge in [-0.1, -0.05) is 0 Å². The van der Waals surface area contributed by atoms with Crippen LogP contribution < -0.4 is 0 Å². The van der Waals surface area contributed by atoms with Crippen LogP contribution in [-0.4, -0.2) is 0 Å². The van der Waals surface area contributed by atoms with Gasteiger partial charge in [-0.2, -0.15) is 0 Å². The summed E-state index contributed by atoms with van der Waals surface area (Å²) in [5.41, 5.74) is 0. The first-order valence-corrected chi connectivity index (χ1v) is 0. The largest absolute Gasteiger partial charge is 3.00 e. The third-order valence-electron chi connectivity index (χ3n) is 0. The Kier molecular flexibility index (Phi) is 624. The predicted molar refractivity (Wildman–Crippen MR) is 1.37 cm³/mol. The van der Waals surface area contributed by atoms with Gasteiger partial charge < -0.3 is 11.0 Å². The second-order valence-electron chi connectivity index (χ2n) is 0. The topological polar surface area (TPSA) is 57.0 Å². The van der Waals surface area contributed by atoms with E-state index in [2.05, 4.69) is 0 Å². The maximum atomic E-state index is 0. The average Bonchev–Trinajstić information content (AvgIpc) is 0. The van der Waals surface area contributed by atoms with Crippen LogP contribution in [0.3, 0.4) is 0 Å². The Bertz CT molecular complexity index is 6.00. The molecule has 0 aliphatic rings. The molecule has 0 rings (SSSR count). The second-order valence-corrected chi connectivity index (χ2v) is 0. The normalized spacial score (nSPS) is 0. The minimum atomic E-state index is 0. The van der Waals surface area contributed by atoms with Gasteiger partial charge in [-0.25, -0.2) is 0 Å². The average molecular weight is 190 g/mol. The van der Waals surface area contributed by atoms with Crippen LogP contribution in [0.4, 0.5) is 0 Å². The van der Waals surface area contributed by atoms with E-state index in [4.69, 9.17) is 0 Å². The van der Waals surface area contributed by atoms with Gasteiger partial charge in [-0.05, 0) is 0 Å².